The summed E-state index contributed by atoms with van der Waals surface area (Å²) < 4.78 is 0. The van der Waals surface area contributed by atoms with Crippen molar-refractivity contribution in [2.24, 2.45) is 0 Å². The number of β-amino-alcohol motifs (C(OH)–C–C–N with tert-alkyl or cyclic N) is 1. The maximum atomic E-state index is 11.9. The van der Waals surface area contributed by atoms with Crippen molar-refractivity contribution in [1.29, 1.82) is 0 Å². The number of aliphatic hydroxyl groups is 1. The molecule has 1 aromatic rings. The van der Waals surface area contributed by atoms with Gasteiger partial charge in [0.2, 0.25) is 0 Å². The highest BCUT2D eigenvalue weighted by atomic mass is 16.4. The molecule has 0 radical (unpaired) electrons. The maximum Gasteiger partial charge on any atom is 0.326 e. The third kappa shape index (κ3) is 3.16. The third-order valence-corrected chi connectivity index (χ3v) is 2.89. The third-order valence-electron chi connectivity index (χ3n) is 2.89. The normalized spacial score (nSPS) is 22.3. The molecule has 102 valence electrons. The topological polar surface area (TPSA) is 116 Å². The lowest BCUT2D eigenvalue weighted by Gasteiger charge is -2.21. The predicted molar refractivity (Wildman–Crippen MR) is 63.0 cm³/mol. The van der Waals surface area contributed by atoms with Crippen LogP contribution in [0.15, 0.2) is 18.6 Å². The molecule has 19 heavy (non-hydrogen) atoms. The first-order valence-corrected chi connectivity index (χ1v) is 5.78. The highest BCUT2D eigenvalue weighted by molar-refractivity contribution is 5.83. The first-order chi connectivity index (χ1) is 9.08. The van der Waals surface area contributed by atoms with E-state index in [0.717, 1.165) is 4.90 Å². The van der Waals surface area contributed by atoms with E-state index >= 15 is 0 Å². The quantitative estimate of drug-likeness (QED) is 0.660. The second-order valence-corrected chi connectivity index (χ2v) is 4.26. The monoisotopic (exact) mass is 266 g/mol. The number of carbonyl (C=O) groups is 2. The summed E-state index contributed by atoms with van der Waals surface area (Å²) in [6.45, 7) is 0.201. The van der Waals surface area contributed by atoms with E-state index in [-0.39, 0.29) is 19.5 Å². The Bertz CT molecular complexity index is 467. The minimum absolute atomic E-state index is 0.0204. The molecular formula is C11H14N4O4. The van der Waals surface area contributed by atoms with Crippen LogP contribution in [0.4, 0.5) is 4.79 Å². The lowest BCUT2D eigenvalue weighted by Crippen LogP contribution is -2.46. The second kappa shape index (κ2) is 5.61. The van der Waals surface area contributed by atoms with E-state index in [1.165, 1.54) is 6.33 Å². The summed E-state index contributed by atoms with van der Waals surface area (Å²) in [6.07, 6.45) is 2.16. The average molecular weight is 266 g/mol. The molecule has 1 fully saturated rings. The number of hydrogen-bond acceptors (Lipinski definition) is 5. The summed E-state index contributed by atoms with van der Waals surface area (Å²) in [5.74, 6) is -1.12. The van der Waals surface area contributed by atoms with Crippen LogP contribution < -0.4 is 5.32 Å². The molecule has 0 aromatic carbocycles. The molecule has 1 aliphatic rings. The number of nitrogens with one attached hydrogen (secondary N) is 1. The van der Waals surface area contributed by atoms with E-state index in [1.54, 1.807) is 12.3 Å². The number of aliphatic carboxylic acids is 1. The van der Waals surface area contributed by atoms with Crippen LogP contribution in [0.3, 0.4) is 0 Å². The Morgan fingerprint density at radius 3 is 2.95 bits per heavy atom. The second-order valence-electron chi connectivity index (χ2n) is 4.26. The molecule has 2 heterocycles. The number of carboxylic acid groups (broad SMARTS) is 1. The molecule has 0 aliphatic carbocycles. The van der Waals surface area contributed by atoms with Crippen molar-refractivity contribution in [3.63, 3.8) is 0 Å². The fourth-order valence-electron chi connectivity index (χ4n) is 1.96. The van der Waals surface area contributed by atoms with Gasteiger partial charge in [-0.25, -0.2) is 19.6 Å². The van der Waals surface area contributed by atoms with Crippen LogP contribution in [-0.2, 0) is 11.3 Å². The van der Waals surface area contributed by atoms with Crippen molar-refractivity contribution in [3.8, 4) is 0 Å². The molecule has 8 nitrogen and oxygen atoms in total. The zero-order valence-electron chi connectivity index (χ0n) is 10.1. The molecule has 0 saturated carbocycles. The molecule has 3 N–H and O–H groups in total. The van der Waals surface area contributed by atoms with Crippen molar-refractivity contribution in [2.75, 3.05) is 6.54 Å². The lowest BCUT2D eigenvalue weighted by molar-refractivity contribution is -0.141. The Labute approximate surface area is 109 Å². The molecule has 0 bridgehead atoms. The Kier molecular flexibility index (Phi) is 3.91. The molecule has 1 aliphatic heterocycles. The number of carboxylic acids is 1. The summed E-state index contributed by atoms with van der Waals surface area (Å²) in [6, 6.07) is 0.135. The van der Waals surface area contributed by atoms with Crippen LogP contribution >= 0.6 is 0 Å². The van der Waals surface area contributed by atoms with Gasteiger partial charge in [0.05, 0.1) is 18.3 Å². The summed E-state index contributed by atoms with van der Waals surface area (Å²) in [5, 5.41) is 21.0. The SMILES string of the molecule is O=C(O)[C@H]1C[C@@H](O)CN1C(=O)NCc1ccncn1. The van der Waals surface area contributed by atoms with Crippen molar-refractivity contribution in [3.05, 3.63) is 24.3 Å². The van der Waals surface area contributed by atoms with E-state index in [1.807, 2.05) is 0 Å². The average Bonchev–Trinajstić information content (AvgIpc) is 2.79. The molecule has 1 aromatic heterocycles. The number of likely N-dealkylation sites (tertiary alicyclic amines) is 1. The van der Waals surface area contributed by atoms with E-state index < -0.39 is 24.1 Å². The van der Waals surface area contributed by atoms with Crippen LogP contribution in [0, 0.1) is 0 Å². The summed E-state index contributed by atoms with van der Waals surface area (Å²) in [4.78, 5) is 31.7. The van der Waals surface area contributed by atoms with Gasteiger partial charge in [-0.15, -0.1) is 0 Å². The van der Waals surface area contributed by atoms with Gasteiger partial charge in [-0.1, -0.05) is 0 Å². The van der Waals surface area contributed by atoms with Gasteiger partial charge in [0.25, 0.3) is 0 Å². The molecule has 0 spiro atoms. The van der Waals surface area contributed by atoms with Gasteiger partial charge >= 0.3 is 12.0 Å². The number of aromatic nitrogens is 2. The zero-order valence-corrected chi connectivity index (χ0v) is 10.1. The van der Waals surface area contributed by atoms with Gasteiger partial charge in [-0.05, 0) is 6.07 Å². The van der Waals surface area contributed by atoms with Crippen LogP contribution in [0.1, 0.15) is 12.1 Å². The van der Waals surface area contributed by atoms with Gasteiger partial charge in [-0.2, -0.15) is 0 Å². The number of amides is 2. The first-order valence-electron chi connectivity index (χ1n) is 5.78. The molecular weight excluding hydrogens is 252 g/mol. The summed E-state index contributed by atoms with van der Waals surface area (Å²) in [5.41, 5.74) is 0.620. The maximum absolute atomic E-state index is 11.9. The molecule has 2 amide bonds. The highest BCUT2D eigenvalue weighted by Crippen LogP contribution is 2.18. The molecule has 2 rings (SSSR count). The largest absolute Gasteiger partial charge is 0.480 e. The number of carbonyl (C=O) groups excluding carboxylic acids is 1. The number of hydrogen-bond donors (Lipinski definition) is 3. The van der Waals surface area contributed by atoms with Gasteiger partial charge in [0, 0.05) is 19.2 Å². The molecule has 8 heteroatoms. The minimum Gasteiger partial charge on any atom is -0.480 e. The summed E-state index contributed by atoms with van der Waals surface area (Å²) in [7, 11) is 0. The van der Waals surface area contributed by atoms with Crippen LogP contribution in [0.5, 0.6) is 0 Å². The number of urea groups is 1. The van der Waals surface area contributed by atoms with E-state index in [0.29, 0.717) is 5.69 Å². The first kappa shape index (κ1) is 13.2. The van der Waals surface area contributed by atoms with Crippen LogP contribution in [-0.4, -0.2) is 55.8 Å². The Hall–Kier alpha value is -2.22. The van der Waals surface area contributed by atoms with Gasteiger partial charge in [0.15, 0.2) is 0 Å². The van der Waals surface area contributed by atoms with Crippen molar-refractivity contribution in [2.45, 2.75) is 25.1 Å². The van der Waals surface area contributed by atoms with Crippen molar-refractivity contribution < 1.29 is 19.8 Å². The Morgan fingerprint density at radius 1 is 1.53 bits per heavy atom. The van der Waals surface area contributed by atoms with Gasteiger partial charge < -0.3 is 20.4 Å². The number of aliphatic hydroxyl groups excluding tert-OH is 1. The summed E-state index contributed by atoms with van der Waals surface area (Å²) >= 11 is 0. The Morgan fingerprint density at radius 2 is 2.32 bits per heavy atom. The van der Waals surface area contributed by atoms with Crippen molar-refractivity contribution in [1.82, 2.24) is 20.2 Å². The predicted octanol–water partition coefficient (Wildman–Crippen LogP) is -0.794. The fourth-order valence-corrected chi connectivity index (χ4v) is 1.96. The number of nitrogens with zero attached hydrogens (tertiary/aromatic N) is 3. The zero-order chi connectivity index (χ0) is 13.8. The number of rotatable bonds is 3. The van der Waals surface area contributed by atoms with Crippen LogP contribution in [0.2, 0.25) is 0 Å². The van der Waals surface area contributed by atoms with Gasteiger partial charge in [-0.3, -0.25) is 0 Å². The Balaban J connectivity index is 1.94. The van der Waals surface area contributed by atoms with E-state index in [9.17, 15) is 14.7 Å². The molecule has 0 unspecified atom stereocenters. The standard InChI is InChI=1S/C11H14N4O4/c16-8-3-9(10(17)18)15(5-8)11(19)13-4-7-1-2-12-6-14-7/h1-2,6,8-9,16H,3-5H2,(H,13,19)(H,17,18)/t8-,9-/m1/s1. The molecule has 2 atom stereocenters. The fraction of sp³-hybridized carbons (Fsp3) is 0.455. The van der Waals surface area contributed by atoms with E-state index in [2.05, 4.69) is 15.3 Å². The highest BCUT2D eigenvalue weighted by Gasteiger charge is 2.38. The van der Waals surface area contributed by atoms with Crippen LogP contribution in [0.25, 0.3) is 0 Å². The lowest BCUT2D eigenvalue weighted by atomic mass is 10.2. The molecule has 1 saturated heterocycles. The van der Waals surface area contributed by atoms with Crippen molar-refractivity contribution >= 4 is 12.0 Å². The van der Waals surface area contributed by atoms with Gasteiger partial charge in [0.1, 0.15) is 12.4 Å². The minimum atomic E-state index is -1.12. The smallest absolute Gasteiger partial charge is 0.326 e. The van der Waals surface area contributed by atoms with E-state index in [4.69, 9.17) is 5.11 Å².